The van der Waals surface area contributed by atoms with E-state index in [2.05, 4.69) is 15.5 Å². The second-order valence-corrected chi connectivity index (χ2v) is 6.42. The fourth-order valence-electron chi connectivity index (χ4n) is 2.21. The van der Waals surface area contributed by atoms with E-state index in [9.17, 15) is 4.79 Å². The van der Waals surface area contributed by atoms with Gasteiger partial charge in [0.2, 0.25) is 17.6 Å². The fraction of sp³-hybridized carbons (Fsp3) is 0.438. The molecule has 1 aromatic heterocycles. The summed E-state index contributed by atoms with van der Waals surface area (Å²) in [6, 6.07) is 5.69. The quantitative estimate of drug-likeness (QED) is 0.943. The van der Waals surface area contributed by atoms with Crippen LogP contribution in [0.1, 0.15) is 44.5 Å². The molecule has 1 aliphatic heterocycles. The molecule has 0 bridgehead atoms. The summed E-state index contributed by atoms with van der Waals surface area (Å²) in [4.78, 5) is 15.8. The lowest BCUT2D eigenvalue weighted by atomic mass is 9.97. The van der Waals surface area contributed by atoms with Crippen molar-refractivity contribution < 1.29 is 14.1 Å². The second-order valence-electron chi connectivity index (χ2n) is 6.42. The van der Waals surface area contributed by atoms with Crippen LogP contribution in [0.4, 0.5) is 5.69 Å². The number of ether oxygens (including phenoxy) is 1. The van der Waals surface area contributed by atoms with Crippen molar-refractivity contribution in [3.05, 3.63) is 35.5 Å². The summed E-state index contributed by atoms with van der Waals surface area (Å²) in [5.74, 6) is 1.80. The van der Waals surface area contributed by atoms with E-state index in [1.54, 1.807) is 0 Å². The fourth-order valence-corrected chi connectivity index (χ4v) is 2.21. The van der Waals surface area contributed by atoms with Gasteiger partial charge in [0.05, 0.1) is 0 Å². The topological polar surface area (TPSA) is 77.2 Å². The molecule has 1 N–H and O–H groups in total. The predicted octanol–water partition coefficient (Wildman–Crippen LogP) is 2.83. The van der Waals surface area contributed by atoms with Crippen LogP contribution in [0, 0.1) is 0 Å². The number of nitrogens with zero attached hydrogens (tertiary/aromatic N) is 2. The minimum absolute atomic E-state index is 0.0395. The number of rotatable bonds is 3. The highest BCUT2D eigenvalue weighted by Crippen LogP contribution is 2.27. The minimum atomic E-state index is -0.179. The Balaban J connectivity index is 1.68. The van der Waals surface area contributed by atoms with Crippen LogP contribution in [-0.4, -0.2) is 16.0 Å². The van der Waals surface area contributed by atoms with E-state index in [4.69, 9.17) is 9.26 Å². The largest absolute Gasteiger partial charge is 0.485 e. The molecule has 0 aliphatic carbocycles. The van der Waals surface area contributed by atoms with Crippen LogP contribution in [0.25, 0.3) is 0 Å². The first-order valence-corrected chi connectivity index (χ1v) is 7.30. The summed E-state index contributed by atoms with van der Waals surface area (Å²) < 4.78 is 10.9. The van der Waals surface area contributed by atoms with Gasteiger partial charge in [-0.05, 0) is 18.1 Å². The summed E-state index contributed by atoms with van der Waals surface area (Å²) in [7, 11) is 0. The summed E-state index contributed by atoms with van der Waals surface area (Å²) in [6.07, 6.45) is 1.30. The number of aromatic nitrogens is 2. The Labute approximate surface area is 128 Å². The molecule has 2 aromatic rings. The molecule has 2 heterocycles. The first kappa shape index (κ1) is 14.6. The zero-order chi connectivity index (χ0) is 15.7. The van der Waals surface area contributed by atoms with Gasteiger partial charge in [0.25, 0.3) is 0 Å². The number of benzene rings is 1. The van der Waals surface area contributed by atoms with Gasteiger partial charge < -0.3 is 14.6 Å². The van der Waals surface area contributed by atoms with Crippen molar-refractivity contribution in [2.75, 3.05) is 5.32 Å². The van der Waals surface area contributed by atoms with Crippen molar-refractivity contribution in [2.24, 2.45) is 0 Å². The average Bonchev–Trinajstić information content (AvgIpc) is 2.93. The van der Waals surface area contributed by atoms with Crippen LogP contribution >= 0.6 is 0 Å². The molecule has 1 aromatic carbocycles. The first-order valence-electron chi connectivity index (χ1n) is 7.30. The Bertz CT molecular complexity index is 701. The predicted molar refractivity (Wildman–Crippen MR) is 80.7 cm³/mol. The van der Waals surface area contributed by atoms with Gasteiger partial charge in [0, 0.05) is 23.6 Å². The maximum atomic E-state index is 11.4. The third-order valence-corrected chi connectivity index (χ3v) is 3.45. The lowest BCUT2D eigenvalue weighted by Gasteiger charge is -2.17. The molecule has 0 unspecified atom stereocenters. The van der Waals surface area contributed by atoms with Gasteiger partial charge in [-0.3, -0.25) is 4.79 Å². The van der Waals surface area contributed by atoms with Crippen LogP contribution in [0.3, 0.4) is 0 Å². The van der Waals surface area contributed by atoms with E-state index in [0.29, 0.717) is 23.9 Å². The first-order chi connectivity index (χ1) is 10.4. The normalized spacial score (nSPS) is 14.4. The van der Waals surface area contributed by atoms with Gasteiger partial charge in [-0.1, -0.05) is 32.0 Å². The Morgan fingerprint density at radius 3 is 2.86 bits per heavy atom. The van der Waals surface area contributed by atoms with Crippen LogP contribution in [0.5, 0.6) is 5.75 Å². The highest BCUT2D eigenvalue weighted by Gasteiger charge is 2.22. The van der Waals surface area contributed by atoms with Gasteiger partial charge >= 0.3 is 0 Å². The average molecular weight is 301 g/mol. The van der Waals surface area contributed by atoms with E-state index < -0.39 is 0 Å². The number of nitrogens with one attached hydrogen (secondary N) is 1. The molecular formula is C16H19N3O3. The van der Waals surface area contributed by atoms with Crippen LogP contribution in [0.15, 0.2) is 22.7 Å². The van der Waals surface area contributed by atoms with Crippen molar-refractivity contribution in [3.63, 3.8) is 0 Å². The monoisotopic (exact) mass is 301 g/mol. The van der Waals surface area contributed by atoms with Gasteiger partial charge in [0.15, 0.2) is 6.61 Å². The molecular weight excluding hydrogens is 282 g/mol. The second kappa shape index (κ2) is 5.44. The smallest absolute Gasteiger partial charge is 0.232 e. The van der Waals surface area contributed by atoms with E-state index in [1.165, 1.54) is 0 Å². The van der Waals surface area contributed by atoms with E-state index >= 15 is 0 Å². The number of aryl methyl sites for hydroxylation is 1. The van der Waals surface area contributed by atoms with Crippen LogP contribution < -0.4 is 10.1 Å². The highest BCUT2D eigenvalue weighted by molar-refractivity contribution is 5.94. The Morgan fingerprint density at radius 1 is 1.32 bits per heavy atom. The standard InChI is InChI=1S/C16H19N3O3/c1-16(2,3)15-18-13(19-22-15)9-21-11-6-4-10-5-7-14(20)17-12(10)8-11/h4,6,8H,5,7,9H2,1-3H3,(H,17,20). The molecule has 0 saturated carbocycles. The number of hydrogen-bond acceptors (Lipinski definition) is 5. The molecule has 6 nitrogen and oxygen atoms in total. The van der Waals surface area contributed by atoms with Crippen LogP contribution in [0.2, 0.25) is 0 Å². The van der Waals surface area contributed by atoms with E-state index in [-0.39, 0.29) is 17.9 Å². The summed E-state index contributed by atoms with van der Waals surface area (Å²) in [5.41, 5.74) is 1.76. The van der Waals surface area contributed by atoms with Crippen LogP contribution in [-0.2, 0) is 23.2 Å². The lowest BCUT2D eigenvalue weighted by molar-refractivity contribution is -0.116. The maximum Gasteiger partial charge on any atom is 0.232 e. The molecule has 0 saturated heterocycles. The third kappa shape index (κ3) is 3.10. The van der Waals surface area contributed by atoms with Crippen molar-refractivity contribution in [3.8, 4) is 5.75 Å². The molecule has 0 spiro atoms. The summed E-state index contributed by atoms with van der Waals surface area (Å²) in [6.45, 7) is 6.26. The number of fused-ring (bicyclic) bond motifs is 1. The molecule has 0 fully saturated rings. The molecule has 1 amide bonds. The zero-order valence-electron chi connectivity index (χ0n) is 13.0. The molecule has 3 rings (SSSR count). The number of amides is 1. The van der Waals surface area contributed by atoms with Crippen molar-refractivity contribution in [1.29, 1.82) is 0 Å². The highest BCUT2D eigenvalue weighted by atomic mass is 16.5. The summed E-state index contributed by atoms with van der Waals surface area (Å²) >= 11 is 0. The molecule has 22 heavy (non-hydrogen) atoms. The van der Waals surface area contributed by atoms with Gasteiger partial charge in [-0.25, -0.2) is 0 Å². The molecule has 0 atom stereocenters. The molecule has 6 heteroatoms. The Kier molecular flexibility index (Phi) is 3.60. The number of anilines is 1. The summed E-state index contributed by atoms with van der Waals surface area (Å²) in [5, 5.41) is 6.77. The molecule has 0 radical (unpaired) electrons. The van der Waals surface area contributed by atoms with Crippen molar-refractivity contribution >= 4 is 11.6 Å². The third-order valence-electron chi connectivity index (χ3n) is 3.45. The SMILES string of the molecule is CC(C)(C)c1nc(COc2ccc3c(c2)NC(=O)CC3)no1. The Hall–Kier alpha value is -2.37. The van der Waals surface area contributed by atoms with Gasteiger partial charge in [-0.15, -0.1) is 0 Å². The number of carbonyl (C=O) groups is 1. The van der Waals surface area contributed by atoms with Crippen molar-refractivity contribution in [1.82, 2.24) is 10.1 Å². The lowest BCUT2D eigenvalue weighted by Crippen LogP contribution is -2.18. The number of hydrogen-bond donors (Lipinski definition) is 1. The molecule has 1 aliphatic rings. The Morgan fingerprint density at radius 2 is 2.14 bits per heavy atom. The minimum Gasteiger partial charge on any atom is -0.485 e. The van der Waals surface area contributed by atoms with Gasteiger partial charge in [-0.2, -0.15) is 4.98 Å². The van der Waals surface area contributed by atoms with E-state index in [1.807, 2.05) is 39.0 Å². The van der Waals surface area contributed by atoms with Crippen molar-refractivity contribution in [2.45, 2.75) is 45.6 Å². The zero-order valence-corrected chi connectivity index (χ0v) is 13.0. The van der Waals surface area contributed by atoms with Gasteiger partial charge in [0.1, 0.15) is 5.75 Å². The van der Waals surface area contributed by atoms with E-state index in [0.717, 1.165) is 17.7 Å². The maximum absolute atomic E-state index is 11.4. The number of carbonyl (C=O) groups excluding carboxylic acids is 1. The molecule has 116 valence electrons.